The number of aryl methyl sites for hydroxylation is 1. The quantitative estimate of drug-likeness (QED) is 0.399. The van der Waals surface area contributed by atoms with Gasteiger partial charge in [-0.1, -0.05) is 48.5 Å². The van der Waals surface area contributed by atoms with E-state index in [-0.39, 0.29) is 23.6 Å². The lowest BCUT2D eigenvalue weighted by Gasteiger charge is -2.09. The standard InChI is InChI=1S/C19H15NO4/c1-13-9-10-15(11-17(13)20(22)23)18(21)12-24-19-8-4-6-14-5-2-3-7-16(14)19/h2-11H,12H2,1H3. The first-order chi connectivity index (χ1) is 11.6. The fraction of sp³-hybridized carbons (Fsp3) is 0.105. The van der Waals surface area contributed by atoms with Crippen LogP contribution in [0.4, 0.5) is 5.69 Å². The summed E-state index contributed by atoms with van der Waals surface area (Å²) >= 11 is 0. The van der Waals surface area contributed by atoms with Crippen molar-refractivity contribution in [3.8, 4) is 5.75 Å². The van der Waals surface area contributed by atoms with E-state index in [1.807, 2.05) is 36.4 Å². The Kier molecular flexibility index (Phi) is 4.24. The van der Waals surface area contributed by atoms with Gasteiger partial charge in [0.15, 0.2) is 12.4 Å². The minimum Gasteiger partial charge on any atom is -0.485 e. The van der Waals surface area contributed by atoms with Crippen molar-refractivity contribution in [3.05, 3.63) is 81.9 Å². The van der Waals surface area contributed by atoms with Crippen LogP contribution in [-0.4, -0.2) is 17.3 Å². The summed E-state index contributed by atoms with van der Waals surface area (Å²) in [6.45, 7) is 1.47. The van der Waals surface area contributed by atoms with Gasteiger partial charge in [-0.2, -0.15) is 0 Å². The highest BCUT2D eigenvalue weighted by atomic mass is 16.6. The van der Waals surface area contributed by atoms with Gasteiger partial charge in [0.05, 0.1) is 4.92 Å². The molecule has 0 heterocycles. The number of fused-ring (bicyclic) bond motifs is 1. The molecular formula is C19H15NO4. The van der Waals surface area contributed by atoms with Crippen molar-refractivity contribution >= 4 is 22.2 Å². The summed E-state index contributed by atoms with van der Waals surface area (Å²) in [5, 5.41) is 12.9. The molecule has 5 nitrogen and oxygen atoms in total. The van der Waals surface area contributed by atoms with Crippen molar-refractivity contribution in [1.82, 2.24) is 0 Å². The van der Waals surface area contributed by atoms with Crippen LogP contribution in [0, 0.1) is 17.0 Å². The van der Waals surface area contributed by atoms with Crippen LogP contribution in [0.3, 0.4) is 0 Å². The minimum atomic E-state index is -0.488. The lowest BCUT2D eigenvalue weighted by molar-refractivity contribution is -0.385. The molecule has 0 amide bonds. The number of nitro benzene ring substituents is 1. The molecule has 0 aliphatic heterocycles. The molecule has 0 fully saturated rings. The number of ketones is 1. The Morgan fingerprint density at radius 2 is 1.83 bits per heavy atom. The van der Waals surface area contributed by atoms with Crippen molar-refractivity contribution in [2.45, 2.75) is 6.92 Å². The van der Waals surface area contributed by atoms with Gasteiger partial charge in [0, 0.05) is 22.6 Å². The SMILES string of the molecule is Cc1ccc(C(=O)COc2cccc3ccccc23)cc1[N+](=O)[O-]. The molecule has 5 heteroatoms. The summed E-state index contributed by atoms with van der Waals surface area (Å²) in [6, 6.07) is 17.8. The van der Waals surface area contributed by atoms with E-state index in [2.05, 4.69) is 0 Å². The maximum atomic E-state index is 12.3. The third kappa shape index (κ3) is 3.10. The van der Waals surface area contributed by atoms with Crippen LogP contribution >= 0.6 is 0 Å². The molecule has 3 rings (SSSR count). The molecule has 0 aliphatic carbocycles. The molecular weight excluding hydrogens is 306 g/mol. The number of ether oxygens (including phenoxy) is 1. The van der Waals surface area contributed by atoms with E-state index in [1.165, 1.54) is 6.07 Å². The lowest BCUT2D eigenvalue weighted by atomic mass is 10.1. The average molecular weight is 321 g/mol. The number of carbonyl (C=O) groups is 1. The van der Waals surface area contributed by atoms with Crippen LogP contribution < -0.4 is 4.74 Å². The van der Waals surface area contributed by atoms with Crippen LogP contribution in [0.2, 0.25) is 0 Å². The highest BCUT2D eigenvalue weighted by Crippen LogP contribution is 2.25. The van der Waals surface area contributed by atoms with Crippen molar-refractivity contribution in [1.29, 1.82) is 0 Å². The Morgan fingerprint density at radius 1 is 1.08 bits per heavy atom. The molecule has 0 unspecified atom stereocenters. The Hall–Kier alpha value is -3.21. The van der Waals surface area contributed by atoms with E-state index in [9.17, 15) is 14.9 Å². The maximum Gasteiger partial charge on any atom is 0.273 e. The van der Waals surface area contributed by atoms with Crippen molar-refractivity contribution < 1.29 is 14.5 Å². The van der Waals surface area contributed by atoms with E-state index < -0.39 is 4.92 Å². The monoisotopic (exact) mass is 321 g/mol. The maximum absolute atomic E-state index is 12.3. The summed E-state index contributed by atoms with van der Waals surface area (Å²) in [5.41, 5.74) is 0.727. The summed E-state index contributed by atoms with van der Waals surface area (Å²) in [5.74, 6) is 0.314. The number of nitrogens with zero attached hydrogens (tertiary/aromatic N) is 1. The summed E-state index contributed by atoms with van der Waals surface area (Å²) < 4.78 is 5.65. The molecule has 3 aromatic rings. The van der Waals surface area contributed by atoms with Gasteiger partial charge in [-0.25, -0.2) is 0 Å². The number of hydrogen-bond acceptors (Lipinski definition) is 4. The van der Waals surface area contributed by atoms with E-state index in [4.69, 9.17) is 4.74 Å². The second-order valence-electron chi connectivity index (χ2n) is 5.45. The molecule has 0 radical (unpaired) electrons. The first-order valence-corrected chi connectivity index (χ1v) is 7.45. The van der Waals surface area contributed by atoms with E-state index in [1.54, 1.807) is 25.1 Å². The average Bonchev–Trinajstić information content (AvgIpc) is 2.59. The zero-order valence-electron chi connectivity index (χ0n) is 13.1. The lowest BCUT2D eigenvalue weighted by Crippen LogP contribution is -2.12. The Morgan fingerprint density at radius 3 is 2.62 bits per heavy atom. The van der Waals surface area contributed by atoms with Crippen molar-refractivity contribution in [3.63, 3.8) is 0 Å². The third-order valence-electron chi connectivity index (χ3n) is 3.84. The number of benzene rings is 3. The second-order valence-corrected chi connectivity index (χ2v) is 5.45. The van der Waals surface area contributed by atoms with E-state index in [0.29, 0.717) is 11.3 Å². The molecule has 0 bridgehead atoms. The molecule has 120 valence electrons. The summed E-state index contributed by atoms with van der Waals surface area (Å²) in [4.78, 5) is 22.8. The number of carbonyl (C=O) groups excluding carboxylic acids is 1. The molecule has 24 heavy (non-hydrogen) atoms. The third-order valence-corrected chi connectivity index (χ3v) is 3.84. The predicted octanol–water partition coefficient (Wildman–Crippen LogP) is 4.32. The van der Waals surface area contributed by atoms with Gasteiger partial charge in [0.2, 0.25) is 0 Å². The smallest absolute Gasteiger partial charge is 0.273 e. The van der Waals surface area contributed by atoms with Crippen LogP contribution in [0.25, 0.3) is 10.8 Å². The molecule has 0 saturated heterocycles. The van der Waals surface area contributed by atoms with Gasteiger partial charge in [0.1, 0.15) is 5.75 Å². The summed E-state index contributed by atoms with van der Waals surface area (Å²) in [7, 11) is 0. The molecule has 0 atom stereocenters. The first kappa shape index (κ1) is 15.7. The van der Waals surface area contributed by atoms with Gasteiger partial charge in [-0.05, 0) is 18.4 Å². The molecule has 0 saturated carbocycles. The zero-order valence-corrected chi connectivity index (χ0v) is 13.1. The fourth-order valence-electron chi connectivity index (χ4n) is 2.53. The second kappa shape index (κ2) is 6.50. The highest BCUT2D eigenvalue weighted by molar-refractivity contribution is 5.98. The van der Waals surface area contributed by atoms with Crippen molar-refractivity contribution in [2.24, 2.45) is 0 Å². The van der Waals surface area contributed by atoms with Gasteiger partial charge < -0.3 is 4.74 Å². The number of nitro groups is 1. The topological polar surface area (TPSA) is 69.4 Å². The minimum absolute atomic E-state index is 0.0639. The van der Waals surface area contributed by atoms with Gasteiger partial charge in [0.25, 0.3) is 5.69 Å². The van der Waals surface area contributed by atoms with Crippen LogP contribution in [0.15, 0.2) is 60.7 Å². The highest BCUT2D eigenvalue weighted by Gasteiger charge is 2.15. The molecule has 0 aromatic heterocycles. The number of Topliss-reactive ketones (excluding diaryl/α,β-unsaturated/α-hetero) is 1. The van der Waals surface area contributed by atoms with Crippen LogP contribution in [-0.2, 0) is 0 Å². The normalized spacial score (nSPS) is 10.5. The first-order valence-electron chi connectivity index (χ1n) is 7.45. The van der Waals surface area contributed by atoms with Crippen molar-refractivity contribution in [2.75, 3.05) is 6.61 Å². The molecule has 0 N–H and O–H groups in total. The predicted molar refractivity (Wildman–Crippen MR) is 91.6 cm³/mol. The van der Waals surface area contributed by atoms with Gasteiger partial charge >= 0.3 is 0 Å². The van der Waals surface area contributed by atoms with E-state index in [0.717, 1.165) is 10.8 Å². The van der Waals surface area contributed by atoms with Gasteiger partial charge in [-0.15, -0.1) is 0 Å². The largest absolute Gasteiger partial charge is 0.485 e. The Bertz CT molecular complexity index is 928. The number of hydrogen-bond donors (Lipinski definition) is 0. The van der Waals surface area contributed by atoms with Gasteiger partial charge in [-0.3, -0.25) is 14.9 Å². The van der Waals surface area contributed by atoms with Crippen LogP contribution in [0.5, 0.6) is 5.75 Å². The Balaban J connectivity index is 1.80. The summed E-state index contributed by atoms with van der Waals surface area (Å²) in [6.07, 6.45) is 0. The molecule has 0 spiro atoms. The van der Waals surface area contributed by atoms with E-state index >= 15 is 0 Å². The zero-order chi connectivity index (χ0) is 17.1. The van der Waals surface area contributed by atoms with Crippen LogP contribution in [0.1, 0.15) is 15.9 Å². The number of rotatable bonds is 5. The molecule has 0 aliphatic rings. The Labute approximate surface area is 138 Å². The molecule has 3 aromatic carbocycles. The fourth-order valence-corrected chi connectivity index (χ4v) is 2.53.